The predicted molar refractivity (Wildman–Crippen MR) is 104 cm³/mol. The van der Waals surface area contributed by atoms with E-state index in [1.54, 1.807) is 6.08 Å². The van der Waals surface area contributed by atoms with Crippen molar-refractivity contribution < 1.29 is 14.3 Å². The van der Waals surface area contributed by atoms with Gasteiger partial charge in [-0.05, 0) is 18.6 Å². The zero-order valence-electron chi connectivity index (χ0n) is 15.0. The van der Waals surface area contributed by atoms with Gasteiger partial charge in [0.2, 0.25) is 0 Å². The lowest BCUT2D eigenvalue weighted by atomic mass is 10.1. The van der Waals surface area contributed by atoms with Gasteiger partial charge in [0, 0.05) is 23.4 Å². The van der Waals surface area contributed by atoms with Gasteiger partial charge >= 0.3 is 5.97 Å². The van der Waals surface area contributed by atoms with Crippen molar-refractivity contribution in [3.8, 4) is 11.3 Å². The molecule has 2 aromatic carbocycles. The van der Waals surface area contributed by atoms with Crippen LogP contribution in [0.3, 0.4) is 0 Å². The van der Waals surface area contributed by atoms with E-state index in [2.05, 4.69) is 5.10 Å². The molecule has 1 aromatic heterocycles. The summed E-state index contributed by atoms with van der Waals surface area (Å²) >= 11 is 0. The standard InChI is InChI=1S/C22H20N2O3/c1-17(25)16-27-21(26)13-12-20-15-24(14-18-8-4-2-5-9-18)23-22(20)19-10-6-3-7-11-19/h2-13,15H,14,16H2,1H3. The first-order valence-electron chi connectivity index (χ1n) is 8.63. The molecule has 0 N–H and O–H groups in total. The molecule has 5 nitrogen and oxygen atoms in total. The molecule has 27 heavy (non-hydrogen) atoms. The molecule has 0 aliphatic rings. The van der Waals surface area contributed by atoms with Crippen LogP contribution in [-0.4, -0.2) is 28.1 Å². The van der Waals surface area contributed by atoms with Crippen molar-refractivity contribution >= 4 is 17.8 Å². The average Bonchev–Trinajstić information content (AvgIpc) is 3.09. The van der Waals surface area contributed by atoms with Gasteiger partial charge in [0.05, 0.1) is 12.2 Å². The number of esters is 1. The van der Waals surface area contributed by atoms with Gasteiger partial charge < -0.3 is 4.74 Å². The van der Waals surface area contributed by atoms with Crippen molar-refractivity contribution in [1.82, 2.24) is 9.78 Å². The van der Waals surface area contributed by atoms with E-state index in [4.69, 9.17) is 4.74 Å². The molecule has 3 aromatic rings. The van der Waals surface area contributed by atoms with Crippen LogP contribution in [0, 0.1) is 0 Å². The first kappa shape index (κ1) is 18.3. The molecule has 0 atom stereocenters. The first-order valence-corrected chi connectivity index (χ1v) is 8.63. The second kappa shape index (κ2) is 8.76. The second-order valence-corrected chi connectivity index (χ2v) is 6.13. The highest BCUT2D eigenvalue weighted by Gasteiger charge is 2.10. The van der Waals surface area contributed by atoms with E-state index in [0.29, 0.717) is 6.54 Å². The van der Waals surface area contributed by atoms with Crippen LogP contribution < -0.4 is 0 Å². The molecule has 0 aliphatic carbocycles. The van der Waals surface area contributed by atoms with E-state index in [9.17, 15) is 9.59 Å². The first-order chi connectivity index (χ1) is 13.1. The van der Waals surface area contributed by atoms with Crippen LogP contribution in [0.2, 0.25) is 0 Å². The van der Waals surface area contributed by atoms with Gasteiger partial charge in [-0.3, -0.25) is 9.48 Å². The second-order valence-electron chi connectivity index (χ2n) is 6.13. The van der Waals surface area contributed by atoms with Gasteiger partial charge in [-0.25, -0.2) is 4.79 Å². The highest BCUT2D eigenvalue weighted by Crippen LogP contribution is 2.23. The number of carbonyl (C=O) groups excluding carboxylic acids is 2. The Morgan fingerprint density at radius 3 is 2.37 bits per heavy atom. The molecule has 3 rings (SSSR count). The Kier molecular flexibility index (Phi) is 5.94. The number of Topliss-reactive ketones (excluding diaryl/α,β-unsaturated/α-hetero) is 1. The van der Waals surface area contributed by atoms with Crippen LogP contribution in [0.1, 0.15) is 18.1 Å². The maximum absolute atomic E-state index is 11.8. The molecule has 1 heterocycles. The lowest BCUT2D eigenvalue weighted by Crippen LogP contribution is -2.08. The van der Waals surface area contributed by atoms with E-state index in [1.165, 1.54) is 13.0 Å². The third kappa shape index (κ3) is 5.25. The summed E-state index contributed by atoms with van der Waals surface area (Å²) in [5.41, 5.74) is 3.68. The van der Waals surface area contributed by atoms with Crippen LogP contribution in [-0.2, 0) is 20.9 Å². The number of hydrogen-bond acceptors (Lipinski definition) is 4. The summed E-state index contributed by atoms with van der Waals surface area (Å²) in [4.78, 5) is 22.7. The Morgan fingerprint density at radius 2 is 1.70 bits per heavy atom. The summed E-state index contributed by atoms with van der Waals surface area (Å²) in [6.07, 6.45) is 4.88. The van der Waals surface area contributed by atoms with Gasteiger partial charge in [-0.2, -0.15) is 5.10 Å². The molecular weight excluding hydrogens is 340 g/mol. The minimum Gasteiger partial charge on any atom is -0.455 e. The Balaban J connectivity index is 1.86. The van der Waals surface area contributed by atoms with Crippen LogP contribution >= 0.6 is 0 Å². The molecule has 0 amide bonds. The Morgan fingerprint density at radius 1 is 1.04 bits per heavy atom. The lowest BCUT2D eigenvalue weighted by molar-refractivity contribution is -0.142. The summed E-state index contributed by atoms with van der Waals surface area (Å²) in [6.45, 7) is 1.78. The summed E-state index contributed by atoms with van der Waals surface area (Å²) in [7, 11) is 0. The maximum Gasteiger partial charge on any atom is 0.331 e. The molecule has 0 aliphatic heterocycles. The van der Waals surface area contributed by atoms with Gasteiger partial charge in [0.25, 0.3) is 0 Å². The van der Waals surface area contributed by atoms with E-state index >= 15 is 0 Å². The maximum atomic E-state index is 11.8. The third-order valence-corrected chi connectivity index (χ3v) is 3.84. The van der Waals surface area contributed by atoms with Crippen molar-refractivity contribution in [2.24, 2.45) is 0 Å². The molecule has 5 heteroatoms. The van der Waals surface area contributed by atoms with E-state index in [0.717, 1.165) is 22.4 Å². The zero-order valence-corrected chi connectivity index (χ0v) is 15.0. The molecule has 0 saturated carbocycles. The normalized spacial score (nSPS) is 10.9. The summed E-state index contributed by atoms with van der Waals surface area (Å²) in [5.74, 6) is -0.752. The molecule has 0 radical (unpaired) electrons. The third-order valence-electron chi connectivity index (χ3n) is 3.84. The number of carbonyl (C=O) groups is 2. The topological polar surface area (TPSA) is 61.2 Å². The van der Waals surface area contributed by atoms with Crippen molar-refractivity contribution in [2.45, 2.75) is 13.5 Å². The van der Waals surface area contributed by atoms with Crippen molar-refractivity contribution in [3.63, 3.8) is 0 Å². The number of hydrogen-bond donors (Lipinski definition) is 0. The molecule has 0 spiro atoms. The quantitative estimate of drug-likeness (QED) is 0.476. The zero-order chi connectivity index (χ0) is 19.1. The Labute approximate surface area is 157 Å². The number of rotatable bonds is 7. The fourth-order valence-electron chi connectivity index (χ4n) is 2.61. The molecule has 0 saturated heterocycles. The van der Waals surface area contributed by atoms with Crippen LogP contribution in [0.4, 0.5) is 0 Å². The van der Waals surface area contributed by atoms with Crippen molar-refractivity contribution in [3.05, 3.63) is 84.1 Å². The van der Waals surface area contributed by atoms with Gasteiger partial charge in [0.1, 0.15) is 6.61 Å². The molecule has 136 valence electrons. The van der Waals surface area contributed by atoms with Crippen LogP contribution in [0.5, 0.6) is 0 Å². The Bertz CT molecular complexity index is 944. The number of nitrogens with zero attached hydrogens (tertiary/aromatic N) is 2. The minimum absolute atomic E-state index is 0.197. The van der Waals surface area contributed by atoms with E-state index in [1.807, 2.05) is 71.5 Å². The average molecular weight is 360 g/mol. The van der Waals surface area contributed by atoms with Crippen LogP contribution in [0.25, 0.3) is 17.3 Å². The summed E-state index contributed by atoms with van der Waals surface area (Å²) < 4.78 is 6.72. The number of benzene rings is 2. The monoisotopic (exact) mass is 360 g/mol. The van der Waals surface area contributed by atoms with E-state index in [-0.39, 0.29) is 12.4 Å². The SMILES string of the molecule is CC(=O)COC(=O)C=Cc1cn(Cc2ccccc2)nc1-c1ccccc1. The molecular formula is C22H20N2O3. The minimum atomic E-state index is -0.556. The highest BCUT2D eigenvalue weighted by atomic mass is 16.5. The van der Waals surface area contributed by atoms with E-state index < -0.39 is 5.97 Å². The molecule has 0 bridgehead atoms. The molecule has 0 fully saturated rings. The predicted octanol–water partition coefficient (Wildman–Crippen LogP) is 3.74. The fraction of sp³-hybridized carbons (Fsp3) is 0.136. The summed E-state index contributed by atoms with van der Waals surface area (Å²) in [6, 6.07) is 19.8. The Hall–Kier alpha value is -3.47. The number of aromatic nitrogens is 2. The number of ether oxygens (including phenoxy) is 1. The number of ketones is 1. The van der Waals surface area contributed by atoms with Crippen LogP contribution in [0.15, 0.2) is 72.9 Å². The smallest absolute Gasteiger partial charge is 0.331 e. The van der Waals surface area contributed by atoms with Gasteiger partial charge in [-0.15, -0.1) is 0 Å². The van der Waals surface area contributed by atoms with Crippen molar-refractivity contribution in [1.29, 1.82) is 0 Å². The molecule has 0 unspecified atom stereocenters. The van der Waals surface area contributed by atoms with Crippen molar-refractivity contribution in [2.75, 3.05) is 6.61 Å². The lowest BCUT2D eigenvalue weighted by Gasteiger charge is -2.01. The van der Waals surface area contributed by atoms with Gasteiger partial charge in [-0.1, -0.05) is 60.7 Å². The van der Waals surface area contributed by atoms with Gasteiger partial charge in [0.15, 0.2) is 5.78 Å². The largest absolute Gasteiger partial charge is 0.455 e. The fourth-order valence-corrected chi connectivity index (χ4v) is 2.61. The highest BCUT2D eigenvalue weighted by molar-refractivity contribution is 5.90. The summed E-state index contributed by atoms with van der Waals surface area (Å²) in [5, 5.41) is 4.69.